The van der Waals surface area contributed by atoms with Crippen molar-refractivity contribution < 1.29 is 19.0 Å². The zero-order valence-electron chi connectivity index (χ0n) is 13.5. The number of rotatable bonds is 8. The van der Waals surface area contributed by atoms with Gasteiger partial charge in [0, 0.05) is 6.54 Å². The second-order valence-corrected chi connectivity index (χ2v) is 4.85. The van der Waals surface area contributed by atoms with E-state index < -0.39 is 0 Å². The van der Waals surface area contributed by atoms with Crippen LogP contribution in [0.2, 0.25) is 0 Å². The Bertz CT molecular complexity index is 657. The van der Waals surface area contributed by atoms with E-state index in [0.717, 1.165) is 12.0 Å². The summed E-state index contributed by atoms with van der Waals surface area (Å²) < 4.78 is 17.2. The van der Waals surface area contributed by atoms with Crippen LogP contribution in [0.3, 0.4) is 0 Å². The molecule has 0 bridgehead atoms. The molecule has 0 spiro atoms. The number of carbonyl (C=O) groups is 1. The first-order valence-electron chi connectivity index (χ1n) is 7.29. The lowest BCUT2D eigenvalue weighted by Crippen LogP contribution is -2.12. The normalized spacial score (nSPS) is 10.4. The van der Waals surface area contributed by atoms with E-state index in [0.29, 0.717) is 23.9 Å². The Labute approximate surface area is 134 Å². The number of hydrogen-bond donors (Lipinski definition) is 0. The highest BCUT2D eigenvalue weighted by Gasteiger charge is 2.12. The third-order valence-electron chi connectivity index (χ3n) is 3.20. The molecule has 0 unspecified atom stereocenters. The molecule has 0 N–H and O–H groups in total. The van der Waals surface area contributed by atoms with Gasteiger partial charge in [0.05, 0.1) is 20.6 Å². The topological polar surface area (TPSA) is 88.4 Å². The molecule has 1 aromatic carbocycles. The molecule has 2 rings (SSSR count). The van der Waals surface area contributed by atoms with E-state index in [4.69, 9.17) is 14.2 Å². The Kier molecular flexibility index (Phi) is 5.90. The van der Waals surface area contributed by atoms with Crippen LogP contribution in [0.4, 0.5) is 0 Å². The van der Waals surface area contributed by atoms with Crippen LogP contribution in [0, 0.1) is 0 Å². The standard InChI is InChI=1S/C15H20N4O4/c1-4-7-19-14(16-17-18-19)10-23-15(20)9-11-5-6-12(21-2)13(8-11)22-3/h5-6,8H,4,7,9-10H2,1-3H3. The van der Waals surface area contributed by atoms with Gasteiger partial charge in [-0.3, -0.25) is 4.79 Å². The molecule has 23 heavy (non-hydrogen) atoms. The van der Waals surface area contributed by atoms with E-state index in [-0.39, 0.29) is 19.0 Å². The molecule has 1 aromatic heterocycles. The van der Waals surface area contributed by atoms with Crippen LogP contribution < -0.4 is 9.47 Å². The van der Waals surface area contributed by atoms with Gasteiger partial charge in [-0.25, -0.2) is 4.68 Å². The highest BCUT2D eigenvalue weighted by molar-refractivity contribution is 5.72. The number of nitrogens with zero attached hydrogens (tertiary/aromatic N) is 4. The molecule has 0 fully saturated rings. The minimum Gasteiger partial charge on any atom is -0.493 e. The molecule has 0 atom stereocenters. The maximum atomic E-state index is 12.0. The van der Waals surface area contributed by atoms with Gasteiger partial charge in [0.25, 0.3) is 0 Å². The van der Waals surface area contributed by atoms with Crippen molar-refractivity contribution in [2.75, 3.05) is 14.2 Å². The van der Waals surface area contributed by atoms with E-state index in [9.17, 15) is 4.79 Å². The lowest BCUT2D eigenvalue weighted by Gasteiger charge is -2.09. The van der Waals surface area contributed by atoms with Gasteiger partial charge in [0.1, 0.15) is 0 Å². The summed E-state index contributed by atoms with van der Waals surface area (Å²) in [5, 5.41) is 11.3. The summed E-state index contributed by atoms with van der Waals surface area (Å²) in [4.78, 5) is 12.0. The number of aromatic nitrogens is 4. The van der Waals surface area contributed by atoms with Gasteiger partial charge in [-0.05, 0) is 34.5 Å². The van der Waals surface area contributed by atoms with Gasteiger partial charge >= 0.3 is 5.97 Å². The second-order valence-electron chi connectivity index (χ2n) is 4.85. The predicted octanol–water partition coefficient (Wildman–Crippen LogP) is 1.39. The quantitative estimate of drug-likeness (QED) is 0.679. The zero-order valence-corrected chi connectivity index (χ0v) is 13.5. The Morgan fingerprint density at radius 3 is 2.70 bits per heavy atom. The van der Waals surface area contributed by atoms with Gasteiger partial charge in [-0.1, -0.05) is 13.0 Å². The Morgan fingerprint density at radius 1 is 1.22 bits per heavy atom. The van der Waals surface area contributed by atoms with E-state index >= 15 is 0 Å². The van der Waals surface area contributed by atoms with Crippen LogP contribution in [-0.4, -0.2) is 40.4 Å². The average Bonchev–Trinajstić information content (AvgIpc) is 3.00. The molecule has 0 radical (unpaired) electrons. The minimum atomic E-state index is -0.358. The number of benzene rings is 1. The Morgan fingerprint density at radius 2 is 2.00 bits per heavy atom. The Balaban J connectivity index is 1.93. The molecule has 8 nitrogen and oxygen atoms in total. The summed E-state index contributed by atoms with van der Waals surface area (Å²) in [6.45, 7) is 2.77. The largest absolute Gasteiger partial charge is 0.493 e. The van der Waals surface area contributed by atoms with Crippen molar-refractivity contribution in [3.05, 3.63) is 29.6 Å². The fourth-order valence-corrected chi connectivity index (χ4v) is 2.07. The van der Waals surface area contributed by atoms with Gasteiger partial charge in [0.15, 0.2) is 23.9 Å². The van der Waals surface area contributed by atoms with Crippen molar-refractivity contribution in [2.24, 2.45) is 0 Å². The maximum absolute atomic E-state index is 12.0. The van der Waals surface area contributed by atoms with Gasteiger partial charge < -0.3 is 14.2 Å². The molecule has 2 aromatic rings. The summed E-state index contributed by atoms with van der Waals surface area (Å²) in [6, 6.07) is 5.30. The first-order chi connectivity index (χ1) is 11.2. The second kappa shape index (κ2) is 8.11. The van der Waals surface area contributed by atoms with E-state index in [1.165, 1.54) is 0 Å². The number of aryl methyl sites for hydroxylation is 1. The van der Waals surface area contributed by atoms with Crippen molar-refractivity contribution >= 4 is 5.97 Å². The lowest BCUT2D eigenvalue weighted by molar-refractivity contribution is -0.144. The fourth-order valence-electron chi connectivity index (χ4n) is 2.07. The molecule has 0 aliphatic rings. The van der Waals surface area contributed by atoms with Crippen LogP contribution in [0.15, 0.2) is 18.2 Å². The van der Waals surface area contributed by atoms with E-state index in [1.54, 1.807) is 37.1 Å². The monoisotopic (exact) mass is 320 g/mol. The summed E-state index contributed by atoms with van der Waals surface area (Å²) in [7, 11) is 3.11. The van der Waals surface area contributed by atoms with Gasteiger partial charge in [-0.2, -0.15) is 0 Å². The first-order valence-corrected chi connectivity index (χ1v) is 7.29. The summed E-state index contributed by atoms with van der Waals surface area (Å²) >= 11 is 0. The van der Waals surface area contributed by atoms with Crippen LogP contribution in [0.25, 0.3) is 0 Å². The third-order valence-corrected chi connectivity index (χ3v) is 3.20. The van der Waals surface area contributed by atoms with Crippen molar-refractivity contribution in [3.63, 3.8) is 0 Å². The summed E-state index contributed by atoms with van der Waals surface area (Å²) in [6.07, 6.45) is 1.04. The third kappa shape index (κ3) is 4.41. The molecule has 1 heterocycles. The Hall–Kier alpha value is -2.64. The number of esters is 1. The van der Waals surface area contributed by atoms with Crippen molar-refractivity contribution in [3.8, 4) is 11.5 Å². The highest BCUT2D eigenvalue weighted by Crippen LogP contribution is 2.27. The zero-order chi connectivity index (χ0) is 16.7. The lowest BCUT2D eigenvalue weighted by atomic mass is 10.1. The number of carbonyl (C=O) groups excluding carboxylic acids is 1. The van der Waals surface area contributed by atoms with Crippen molar-refractivity contribution in [1.82, 2.24) is 20.2 Å². The van der Waals surface area contributed by atoms with Gasteiger partial charge in [0.2, 0.25) is 0 Å². The molecular formula is C15H20N4O4. The number of ether oxygens (including phenoxy) is 3. The molecular weight excluding hydrogens is 300 g/mol. The first kappa shape index (κ1) is 16.7. The van der Waals surface area contributed by atoms with Gasteiger partial charge in [-0.15, -0.1) is 5.10 Å². The van der Waals surface area contributed by atoms with Crippen molar-refractivity contribution in [2.45, 2.75) is 32.9 Å². The predicted molar refractivity (Wildman–Crippen MR) is 81.2 cm³/mol. The van der Waals surface area contributed by atoms with Crippen LogP contribution >= 0.6 is 0 Å². The number of hydrogen-bond acceptors (Lipinski definition) is 7. The molecule has 124 valence electrons. The maximum Gasteiger partial charge on any atom is 0.310 e. The molecule has 8 heteroatoms. The molecule has 0 aliphatic carbocycles. The molecule has 0 saturated heterocycles. The average molecular weight is 320 g/mol. The number of methoxy groups -OCH3 is 2. The molecule has 0 amide bonds. The van der Waals surface area contributed by atoms with E-state index in [1.807, 2.05) is 6.92 Å². The van der Waals surface area contributed by atoms with Crippen molar-refractivity contribution in [1.29, 1.82) is 0 Å². The number of tetrazole rings is 1. The SMILES string of the molecule is CCCn1nnnc1COC(=O)Cc1ccc(OC)c(OC)c1. The highest BCUT2D eigenvalue weighted by atomic mass is 16.5. The minimum absolute atomic E-state index is 0.0547. The summed E-state index contributed by atoms with van der Waals surface area (Å²) in [5.41, 5.74) is 0.779. The summed E-state index contributed by atoms with van der Waals surface area (Å²) in [5.74, 6) is 1.36. The van der Waals surface area contributed by atoms with E-state index in [2.05, 4.69) is 15.5 Å². The fraction of sp³-hybridized carbons (Fsp3) is 0.467. The molecule has 0 aliphatic heterocycles. The molecule has 0 saturated carbocycles. The smallest absolute Gasteiger partial charge is 0.310 e. The van der Waals surface area contributed by atoms with Crippen LogP contribution in [0.5, 0.6) is 11.5 Å². The van der Waals surface area contributed by atoms with Crippen LogP contribution in [-0.2, 0) is 29.1 Å². The van der Waals surface area contributed by atoms with Crippen LogP contribution in [0.1, 0.15) is 24.7 Å².